The van der Waals surface area contributed by atoms with Crippen molar-refractivity contribution in [1.29, 1.82) is 0 Å². The van der Waals surface area contributed by atoms with Gasteiger partial charge in [0.2, 0.25) is 5.91 Å². The third kappa shape index (κ3) is 2.68. The quantitative estimate of drug-likeness (QED) is 0.443. The molecule has 0 bridgehead atoms. The van der Waals surface area contributed by atoms with Crippen molar-refractivity contribution >= 4 is 17.8 Å². The van der Waals surface area contributed by atoms with Crippen molar-refractivity contribution in [3.8, 4) is 11.5 Å². The SMILES string of the molecule is C[C@@]12CCCC[C@H]1[C@@H]2C(=O)N/N=C\c1cc([N+](=O)[O-])c(O)cc1O. The van der Waals surface area contributed by atoms with Crippen molar-refractivity contribution in [3.63, 3.8) is 0 Å². The molecule has 0 spiro atoms. The van der Waals surface area contributed by atoms with Crippen LogP contribution in [0.15, 0.2) is 17.2 Å². The maximum atomic E-state index is 12.2. The van der Waals surface area contributed by atoms with Crippen molar-refractivity contribution in [1.82, 2.24) is 5.43 Å². The van der Waals surface area contributed by atoms with E-state index in [2.05, 4.69) is 17.5 Å². The minimum Gasteiger partial charge on any atom is -0.507 e. The molecule has 0 saturated heterocycles. The van der Waals surface area contributed by atoms with Crippen LogP contribution in [0.25, 0.3) is 0 Å². The lowest BCUT2D eigenvalue weighted by molar-refractivity contribution is -0.385. The third-order valence-corrected chi connectivity index (χ3v) is 5.31. The molecule has 2 saturated carbocycles. The van der Waals surface area contributed by atoms with Crippen molar-refractivity contribution in [2.45, 2.75) is 32.6 Å². The van der Waals surface area contributed by atoms with E-state index >= 15 is 0 Å². The van der Waals surface area contributed by atoms with E-state index in [-0.39, 0.29) is 28.6 Å². The minimum atomic E-state index is -0.763. The van der Waals surface area contributed by atoms with E-state index in [1.165, 1.54) is 0 Å². The molecule has 1 aromatic rings. The van der Waals surface area contributed by atoms with Crippen LogP contribution in [0, 0.1) is 27.4 Å². The summed E-state index contributed by atoms with van der Waals surface area (Å²) in [5.74, 6) is -0.783. The zero-order valence-electron chi connectivity index (χ0n) is 13.2. The highest BCUT2D eigenvalue weighted by atomic mass is 16.6. The van der Waals surface area contributed by atoms with Gasteiger partial charge in [0.25, 0.3) is 0 Å². The third-order valence-electron chi connectivity index (χ3n) is 5.31. The normalized spacial score (nSPS) is 28.4. The molecule has 3 N–H and O–H groups in total. The number of nitrogens with zero attached hydrogens (tertiary/aromatic N) is 2. The Hall–Kier alpha value is -2.64. The minimum absolute atomic E-state index is 0.0409. The Morgan fingerprint density at radius 2 is 2.17 bits per heavy atom. The van der Waals surface area contributed by atoms with Gasteiger partial charge in [-0.25, -0.2) is 5.43 Å². The van der Waals surface area contributed by atoms with Gasteiger partial charge in [0.1, 0.15) is 5.75 Å². The standard InChI is InChI=1S/C16H19N3O5/c1-16-5-3-2-4-10(16)14(16)15(22)18-17-8-9-6-11(19(23)24)13(21)7-12(9)20/h6-8,10,14,20-21H,2-5H2,1H3,(H,18,22)/b17-8-/t10-,14+,16+/m0/s1. The number of carbonyl (C=O) groups is 1. The number of nitro groups is 1. The summed E-state index contributed by atoms with van der Waals surface area (Å²) in [6.45, 7) is 2.12. The number of amides is 1. The number of carbonyl (C=O) groups excluding carboxylic acids is 1. The molecule has 0 aliphatic heterocycles. The summed E-state index contributed by atoms with van der Waals surface area (Å²) < 4.78 is 0. The maximum absolute atomic E-state index is 12.2. The number of rotatable bonds is 4. The van der Waals surface area contributed by atoms with Crippen LogP contribution in [-0.2, 0) is 4.79 Å². The molecule has 8 nitrogen and oxygen atoms in total. The van der Waals surface area contributed by atoms with E-state index in [1.807, 2.05) is 0 Å². The number of hydrogen-bond donors (Lipinski definition) is 3. The monoisotopic (exact) mass is 333 g/mol. The van der Waals surface area contributed by atoms with Crippen LogP contribution < -0.4 is 5.43 Å². The van der Waals surface area contributed by atoms with Crippen molar-refractivity contribution in [2.24, 2.45) is 22.4 Å². The van der Waals surface area contributed by atoms with E-state index in [0.29, 0.717) is 5.92 Å². The van der Waals surface area contributed by atoms with Gasteiger partial charge in [-0.2, -0.15) is 5.10 Å². The molecular weight excluding hydrogens is 314 g/mol. The van der Waals surface area contributed by atoms with E-state index in [0.717, 1.165) is 44.0 Å². The van der Waals surface area contributed by atoms with Gasteiger partial charge in [0.05, 0.1) is 11.1 Å². The molecule has 128 valence electrons. The summed E-state index contributed by atoms with van der Waals surface area (Å²) in [6, 6.07) is 1.87. The lowest BCUT2D eigenvalue weighted by Gasteiger charge is -2.15. The van der Waals surface area contributed by atoms with Gasteiger partial charge in [-0.1, -0.05) is 19.8 Å². The highest BCUT2D eigenvalue weighted by molar-refractivity contribution is 5.88. The number of nitro benzene ring substituents is 1. The molecule has 0 radical (unpaired) electrons. The van der Waals surface area contributed by atoms with E-state index in [4.69, 9.17) is 0 Å². The Morgan fingerprint density at radius 1 is 1.42 bits per heavy atom. The second-order valence-electron chi connectivity index (χ2n) is 6.73. The predicted molar refractivity (Wildman–Crippen MR) is 85.7 cm³/mol. The van der Waals surface area contributed by atoms with Crippen LogP contribution >= 0.6 is 0 Å². The first-order valence-corrected chi connectivity index (χ1v) is 7.88. The number of phenols is 2. The summed E-state index contributed by atoms with van der Waals surface area (Å²) in [6.07, 6.45) is 5.53. The smallest absolute Gasteiger partial charge is 0.311 e. The number of hydrazone groups is 1. The van der Waals surface area contributed by atoms with Crippen molar-refractivity contribution < 1.29 is 19.9 Å². The highest BCUT2D eigenvalue weighted by Crippen LogP contribution is 2.66. The summed E-state index contributed by atoms with van der Waals surface area (Å²) in [5.41, 5.74) is 2.02. The van der Waals surface area contributed by atoms with Gasteiger partial charge >= 0.3 is 5.69 Å². The van der Waals surface area contributed by atoms with Gasteiger partial charge in [0.15, 0.2) is 5.75 Å². The number of nitrogens with one attached hydrogen (secondary N) is 1. The molecule has 1 amide bonds. The molecule has 0 heterocycles. The van der Waals surface area contributed by atoms with Crippen LogP contribution in [0.2, 0.25) is 0 Å². The zero-order chi connectivity index (χ0) is 17.5. The van der Waals surface area contributed by atoms with Gasteiger partial charge in [0, 0.05) is 23.6 Å². The molecular formula is C16H19N3O5. The number of phenolic OH excluding ortho intramolecular Hbond substituents is 2. The second kappa shape index (κ2) is 5.77. The lowest BCUT2D eigenvalue weighted by atomic mass is 9.90. The maximum Gasteiger partial charge on any atom is 0.311 e. The molecule has 3 rings (SSSR count). The van der Waals surface area contributed by atoms with Gasteiger partial charge < -0.3 is 10.2 Å². The number of benzene rings is 1. The highest BCUT2D eigenvalue weighted by Gasteiger charge is 2.64. The largest absolute Gasteiger partial charge is 0.507 e. The van der Waals surface area contributed by atoms with E-state index in [1.54, 1.807) is 0 Å². The van der Waals surface area contributed by atoms with Crippen LogP contribution in [-0.4, -0.2) is 27.3 Å². The van der Waals surface area contributed by atoms with Crippen LogP contribution in [0.4, 0.5) is 5.69 Å². The molecule has 0 aromatic heterocycles. The number of fused-ring (bicyclic) bond motifs is 1. The van der Waals surface area contributed by atoms with E-state index in [9.17, 15) is 25.1 Å². The van der Waals surface area contributed by atoms with E-state index < -0.39 is 16.4 Å². The summed E-state index contributed by atoms with van der Waals surface area (Å²) in [7, 11) is 0. The Balaban J connectivity index is 1.68. The van der Waals surface area contributed by atoms with Gasteiger partial charge in [-0.15, -0.1) is 0 Å². The first-order valence-electron chi connectivity index (χ1n) is 7.88. The molecule has 0 unspecified atom stereocenters. The molecule has 8 heteroatoms. The Labute approximate surface area is 138 Å². The summed E-state index contributed by atoms with van der Waals surface area (Å²) >= 11 is 0. The fourth-order valence-corrected chi connectivity index (χ4v) is 3.92. The average Bonchev–Trinajstić information content (AvgIpc) is 3.14. The van der Waals surface area contributed by atoms with Crippen LogP contribution in [0.1, 0.15) is 38.2 Å². The number of aromatic hydroxyl groups is 2. The molecule has 24 heavy (non-hydrogen) atoms. The molecule has 2 fully saturated rings. The topological polar surface area (TPSA) is 125 Å². The predicted octanol–water partition coefficient (Wildman–Crippen LogP) is 2.28. The second-order valence-corrected chi connectivity index (χ2v) is 6.73. The summed E-state index contributed by atoms with van der Waals surface area (Å²) in [5, 5.41) is 33.7. The lowest BCUT2D eigenvalue weighted by Crippen LogP contribution is -2.22. The zero-order valence-corrected chi connectivity index (χ0v) is 13.2. The Morgan fingerprint density at radius 3 is 2.79 bits per heavy atom. The summed E-state index contributed by atoms with van der Waals surface area (Å²) in [4.78, 5) is 22.3. The molecule has 2 aliphatic carbocycles. The fraction of sp³-hybridized carbons (Fsp3) is 0.500. The van der Waals surface area contributed by atoms with Crippen molar-refractivity contribution in [3.05, 3.63) is 27.8 Å². The first-order chi connectivity index (χ1) is 11.3. The first kappa shape index (κ1) is 16.2. The van der Waals surface area contributed by atoms with Gasteiger partial charge in [-0.05, 0) is 24.2 Å². The van der Waals surface area contributed by atoms with Crippen LogP contribution in [0.5, 0.6) is 11.5 Å². The molecule has 1 aromatic carbocycles. The Kier molecular flexibility index (Phi) is 3.90. The number of hydrogen-bond acceptors (Lipinski definition) is 6. The molecule has 2 aliphatic rings. The molecule has 3 atom stereocenters. The average molecular weight is 333 g/mol. The Bertz CT molecular complexity index is 733. The van der Waals surface area contributed by atoms with Crippen molar-refractivity contribution in [2.75, 3.05) is 0 Å². The van der Waals surface area contributed by atoms with Gasteiger partial charge in [-0.3, -0.25) is 14.9 Å². The fourth-order valence-electron chi connectivity index (χ4n) is 3.92. The van der Waals surface area contributed by atoms with Crippen LogP contribution in [0.3, 0.4) is 0 Å².